The molecular weight excluding hydrogens is 248 g/mol. The molecule has 1 spiro atoms. The van der Waals surface area contributed by atoms with Crippen molar-refractivity contribution < 1.29 is 0 Å². The highest BCUT2D eigenvalue weighted by molar-refractivity contribution is 6.31. The van der Waals surface area contributed by atoms with E-state index in [2.05, 4.69) is 20.4 Å². The number of halogens is 1. The third-order valence-corrected chi connectivity index (χ3v) is 4.89. The summed E-state index contributed by atoms with van der Waals surface area (Å²) in [6.45, 7) is 7.56. The van der Waals surface area contributed by atoms with Crippen LogP contribution in [0.15, 0.2) is 0 Å². The number of nitrogens with one attached hydrogen (secondary N) is 2. The first-order chi connectivity index (χ1) is 8.69. The Morgan fingerprint density at radius 1 is 1.44 bits per heavy atom. The Morgan fingerprint density at radius 2 is 2.33 bits per heavy atom. The van der Waals surface area contributed by atoms with Gasteiger partial charge in [0.05, 0.1) is 16.4 Å². The van der Waals surface area contributed by atoms with E-state index in [4.69, 9.17) is 11.6 Å². The lowest BCUT2D eigenvalue weighted by Gasteiger charge is -2.39. The molecule has 4 nitrogen and oxygen atoms in total. The van der Waals surface area contributed by atoms with Gasteiger partial charge in [0.1, 0.15) is 0 Å². The lowest BCUT2D eigenvalue weighted by molar-refractivity contribution is 0.0968. The molecule has 2 aliphatic heterocycles. The molecule has 2 saturated heterocycles. The number of aromatic nitrogens is 2. The first kappa shape index (κ1) is 12.5. The fourth-order valence-electron chi connectivity index (χ4n) is 3.37. The van der Waals surface area contributed by atoms with Gasteiger partial charge in [0.15, 0.2) is 0 Å². The largest absolute Gasteiger partial charge is 0.316 e. The van der Waals surface area contributed by atoms with Crippen LogP contribution < -0.4 is 5.32 Å². The summed E-state index contributed by atoms with van der Waals surface area (Å²) in [4.78, 5) is 2.51. The molecule has 2 N–H and O–H groups in total. The van der Waals surface area contributed by atoms with Gasteiger partial charge in [0.2, 0.25) is 0 Å². The molecule has 1 atom stereocenters. The van der Waals surface area contributed by atoms with E-state index in [1.165, 1.54) is 45.4 Å². The maximum absolute atomic E-state index is 6.25. The van der Waals surface area contributed by atoms with E-state index in [1.54, 1.807) is 0 Å². The van der Waals surface area contributed by atoms with Crippen LogP contribution in [0.25, 0.3) is 0 Å². The molecule has 5 heteroatoms. The zero-order chi connectivity index (χ0) is 12.6. The summed E-state index contributed by atoms with van der Waals surface area (Å²) in [5.74, 6) is 0. The lowest BCUT2D eigenvalue weighted by atomic mass is 9.79. The Kier molecular flexibility index (Phi) is 3.34. The van der Waals surface area contributed by atoms with Crippen molar-refractivity contribution >= 4 is 11.6 Å². The zero-order valence-electron chi connectivity index (χ0n) is 10.9. The normalized spacial score (nSPS) is 29.2. The van der Waals surface area contributed by atoms with E-state index in [0.717, 1.165) is 23.0 Å². The second-order valence-corrected chi connectivity index (χ2v) is 6.23. The smallest absolute Gasteiger partial charge is 0.0951 e. The Labute approximate surface area is 113 Å². The number of rotatable bonds is 2. The predicted octanol–water partition coefficient (Wildman–Crippen LogP) is 1.95. The molecule has 100 valence electrons. The van der Waals surface area contributed by atoms with Crippen LogP contribution in [0.5, 0.6) is 0 Å². The van der Waals surface area contributed by atoms with E-state index in [9.17, 15) is 0 Å². The molecule has 1 aromatic heterocycles. The Bertz CT molecular complexity index is 423. The highest BCUT2D eigenvalue weighted by atomic mass is 35.5. The molecule has 0 bridgehead atoms. The molecule has 2 aliphatic rings. The molecule has 0 radical (unpaired) electrons. The minimum atomic E-state index is 0.510. The third kappa shape index (κ3) is 2.29. The summed E-state index contributed by atoms with van der Waals surface area (Å²) in [5.41, 5.74) is 2.48. The number of nitrogens with zero attached hydrogens (tertiary/aromatic N) is 2. The fraction of sp³-hybridized carbons (Fsp3) is 0.769. The number of piperidine rings is 1. The number of likely N-dealkylation sites (tertiary alicyclic amines) is 1. The van der Waals surface area contributed by atoms with Crippen molar-refractivity contribution in [3.63, 3.8) is 0 Å². The van der Waals surface area contributed by atoms with Gasteiger partial charge in [0.25, 0.3) is 0 Å². The van der Waals surface area contributed by atoms with Gasteiger partial charge in [-0.05, 0) is 44.7 Å². The highest BCUT2D eigenvalue weighted by Gasteiger charge is 2.38. The zero-order valence-corrected chi connectivity index (χ0v) is 11.7. The summed E-state index contributed by atoms with van der Waals surface area (Å²) < 4.78 is 0. The molecule has 2 fully saturated rings. The van der Waals surface area contributed by atoms with Crippen LogP contribution in [0.4, 0.5) is 0 Å². The second kappa shape index (κ2) is 4.83. The SMILES string of the molecule is Cc1[nH]nc(CN2CCC[C@]3(CCNC3)C2)c1Cl. The summed E-state index contributed by atoms with van der Waals surface area (Å²) in [5, 5.41) is 11.6. The van der Waals surface area contributed by atoms with Gasteiger partial charge in [0, 0.05) is 19.6 Å². The van der Waals surface area contributed by atoms with Crippen LogP contribution in [0.1, 0.15) is 30.7 Å². The molecular formula is C13H21ClN4. The molecule has 0 saturated carbocycles. The van der Waals surface area contributed by atoms with Crippen LogP contribution in [-0.2, 0) is 6.54 Å². The average Bonchev–Trinajstić information content (AvgIpc) is 2.92. The van der Waals surface area contributed by atoms with Crippen LogP contribution in [0, 0.1) is 12.3 Å². The van der Waals surface area contributed by atoms with Crippen molar-refractivity contribution in [1.82, 2.24) is 20.4 Å². The topological polar surface area (TPSA) is 44.0 Å². The van der Waals surface area contributed by atoms with Crippen molar-refractivity contribution in [3.8, 4) is 0 Å². The van der Waals surface area contributed by atoms with Crippen LogP contribution in [0.3, 0.4) is 0 Å². The maximum atomic E-state index is 6.25. The van der Waals surface area contributed by atoms with E-state index in [0.29, 0.717) is 5.41 Å². The van der Waals surface area contributed by atoms with Crippen molar-refractivity contribution in [2.45, 2.75) is 32.7 Å². The van der Waals surface area contributed by atoms with E-state index in [1.807, 2.05) is 6.92 Å². The predicted molar refractivity (Wildman–Crippen MR) is 72.8 cm³/mol. The Morgan fingerprint density at radius 3 is 3.00 bits per heavy atom. The molecule has 0 aliphatic carbocycles. The minimum absolute atomic E-state index is 0.510. The van der Waals surface area contributed by atoms with Gasteiger partial charge >= 0.3 is 0 Å². The van der Waals surface area contributed by atoms with Gasteiger partial charge in [-0.2, -0.15) is 5.10 Å². The van der Waals surface area contributed by atoms with Crippen molar-refractivity contribution in [2.24, 2.45) is 5.41 Å². The van der Waals surface area contributed by atoms with Crippen LogP contribution in [0.2, 0.25) is 5.02 Å². The number of hydrogen-bond acceptors (Lipinski definition) is 3. The quantitative estimate of drug-likeness (QED) is 0.862. The number of aromatic amines is 1. The molecule has 0 amide bonds. The Balaban J connectivity index is 1.68. The van der Waals surface area contributed by atoms with Crippen LogP contribution >= 0.6 is 11.6 Å². The van der Waals surface area contributed by atoms with Gasteiger partial charge < -0.3 is 5.32 Å². The summed E-state index contributed by atoms with van der Waals surface area (Å²) in [6, 6.07) is 0. The van der Waals surface area contributed by atoms with E-state index in [-0.39, 0.29) is 0 Å². The van der Waals surface area contributed by atoms with Crippen molar-refractivity contribution in [2.75, 3.05) is 26.2 Å². The second-order valence-electron chi connectivity index (χ2n) is 5.85. The first-order valence-electron chi connectivity index (χ1n) is 6.81. The fourth-order valence-corrected chi connectivity index (χ4v) is 3.52. The summed E-state index contributed by atoms with van der Waals surface area (Å²) in [7, 11) is 0. The average molecular weight is 269 g/mol. The van der Waals surface area contributed by atoms with E-state index < -0.39 is 0 Å². The van der Waals surface area contributed by atoms with Crippen molar-refractivity contribution in [3.05, 3.63) is 16.4 Å². The van der Waals surface area contributed by atoms with Gasteiger partial charge in [-0.15, -0.1) is 0 Å². The van der Waals surface area contributed by atoms with Gasteiger partial charge in [-0.25, -0.2) is 0 Å². The monoisotopic (exact) mass is 268 g/mol. The lowest BCUT2D eigenvalue weighted by Crippen LogP contribution is -2.44. The summed E-state index contributed by atoms with van der Waals surface area (Å²) >= 11 is 6.25. The third-order valence-electron chi connectivity index (χ3n) is 4.39. The molecule has 3 rings (SSSR count). The van der Waals surface area contributed by atoms with Crippen LogP contribution in [-0.4, -0.2) is 41.3 Å². The van der Waals surface area contributed by atoms with E-state index >= 15 is 0 Å². The first-order valence-corrected chi connectivity index (χ1v) is 7.19. The van der Waals surface area contributed by atoms with Gasteiger partial charge in [-0.1, -0.05) is 11.6 Å². The Hall–Kier alpha value is -0.580. The molecule has 3 heterocycles. The molecule has 18 heavy (non-hydrogen) atoms. The number of H-pyrrole nitrogens is 1. The number of aryl methyl sites for hydroxylation is 1. The molecule has 1 aromatic rings. The molecule has 0 unspecified atom stereocenters. The van der Waals surface area contributed by atoms with Gasteiger partial charge in [-0.3, -0.25) is 10.00 Å². The highest BCUT2D eigenvalue weighted by Crippen LogP contribution is 2.36. The minimum Gasteiger partial charge on any atom is -0.316 e. The van der Waals surface area contributed by atoms with Crippen molar-refractivity contribution in [1.29, 1.82) is 0 Å². The molecule has 0 aromatic carbocycles. The standard InChI is InChI=1S/C13H21ClN4/c1-10-12(14)11(17-16-10)7-18-6-2-3-13(9-18)4-5-15-8-13/h15H,2-9H2,1H3,(H,16,17)/t13-/m1/s1. The summed E-state index contributed by atoms with van der Waals surface area (Å²) in [6.07, 6.45) is 3.98. The number of hydrogen-bond donors (Lipinski definition) is 2. The maximum Gasteiger partial charge on any atom is 0.0951 e.